The topological polar surface area (TPSA) is 58.6 Å². The van der Waals surface area contributed by atoms with E-state index in [2.05, 4.69) is 5.32 Å². The number of ether oxygens (including phenoxy) is 1. The number of carbonyl (C=O) groups excluding carboxylic acids is 1. The highest BCUT2D eigenvalue weighted by Crippen LogP contribution is 2.20. The van der Waals surface area contributed by atoms with Gasteiger partial charge in [-0.1, -0.05) is 31.2 Å². The van der Waals surface area contributed by atoms with Crippen LogP contribution in [0, 0.1) is 0 Å². The van der Waals surface area contributed by atoms with E-state index in [1.165, 1.54) is 7.11 Å². The molecule has 0 saturated heterocycles. The van der Waals surface area contributed by atoms with E-state index in [0.29, 0.717) is 0 Å². The molecule has 0 aliphatic heterocycles. The number of hydrogen-bond acceptors (Lipinski definition) is 3. The van der Waals surface area contributed by atoms with Crippen molar-refractivity contribution in [2.45, 2.75) is 26.0 Å². The third kappa shape index (κ3) is 3.84. The molecule has 0 heterocycles. The summed E-state index contributed by atoms with van der Waals surface area (Å²) in [5, 5.41) is 12.1. The van der Waals surface area contributed by atoms with Crippen LogP contribution in [-0.2, 0) is 16.1 Å². The van der Waals surface area contributed by atoms with E-state index >= 15 is 0 Å². The zero-order chi connectivity index (χ0) is 12.7. The number of carbonyl (C=O) groups is 1. The monoisotopic (exact) mass is 237 g/mol. The first-order valence-corrected chi connectivity index (χ1v) is 5.69. The van der Waals surface area contributed by atoms with E-state index in [9.17, 15) is 9.90 Å². The molecule has 0 bridgehead atoms. The zero-order valence-electron chi connectivity index (χ0n) is 10.3. The summed E-state index contributed by atoms with van der Waals surface area (Å²) in [7, 11) is 1.49. The first-order chi connectivity index (χ1) is 8.22. The van der Waals surface area contributed by atoms with Gasteiger partial charge < -0.3 is 15.2 Å². The van der Waals surface area contributed by atoms with E-state index in [-0.39, 0.29) is 25.2 Å². The molecule has 94 valence electrons. The Balaban J connectivity index is 2.82. The molecule has 4 nitrogen and oxygen atoms in total. The second-order valence-electron chi connectivity index (χ2n) is 3.82. The van der Waals surface area contributed by atoms with Gasteiger partial charge in [0.05, 0.1) is 12.6 Å². The third-order valence-corrected chi connectivity index (χ3v) is 2.62. The van der Waals surface area contributed by atoms with Gasteiger partial charge in [-0.2, -0.15) is 0 Å². The van der Waals surface area contributed by atoms with Crippen LogP contribution in [0.15, 0.2) is 24.3 Å². The first kappa shape index (κ1) is 13.7. The fraction of sp³-hybridized carbons (Fsp3) is 0.462. The van der Waals surface area contributed by atoms with Crippen LogP contribution in [-0.4, -0.2) is 24.7 Å². The SMILES string of the molecule is CCC(NC(=O)COC)c1ccccc1CO. The molecule has 0 fully saturated rings. The van der Waals surface area contributed by atoms with Crippen molar-refractivity contribution < 1.29 is 14.6 Å². The fourth-order valence-corrected chi connectivity index (χ4v) is 1.78. The van der Waals surface area contributed by atoms with Crippen LogP contribution in [0.3, 0.4) is 0 Å². The number of methoxy groups -OCH3 is 1. The molecule has 2 N–H and O–H groups in total. The maximum atomic E-state index is 11.5. The molecule has 0 aliphatic carbocycles. The fourth-order valence-electron chi connectivity index (χ4n) is 1.78. The summed E-state index contributed by atoms with van der Waals surface area (Å²) < 4.78 is 4.78. The second kappa shape index (κ2) is 7.04. The average molecular weight is 237 g/mol. The maximum absolute atomic E-state index is 11.5. The Hall–Kier alpha value is -1.39. The lowest BCUT2D eigenvalue weighted by atomic mass is 9.99. The Morgan fingerprint density at radius 1 is 1.47 bits per heavy atom. The normalized spacial score (nSPS) is 12.2. The van der Waals surface area contributed by atoms with Gasteiger partial charge in [0, 0.05) is 7.11 Å². The molecule has 0 saturated carbocycles. The van der Waals surface area contributed by atoms with Gasteiger partial charge in [0.2, 0.25) is 5.91 Å². The Kier molecular flexibility index (Phi) is 5.66. The van der Waals surface area contributed by atoms with Crippen LogP contribution < -0.4 is 5.32 Å². The highest BCUT2D eigenvalue weighted by Gasteiger charge is 2.15. The average Bonchev–Trinajstić information content (AvgIpc) is 2.36. The second-order valence-corrected chi connectivity index (χ2v) is 3.82. The number of rotatable bonds is 6. The van der Waals surface area contributed by atoms with E-state index in [1.807, 2.05) is 31.2 Å². The first-order valence-electron chi connectivity index (χ1n) is 5.69. The molecule has 1 atom stereocenters. The number of aliphatic hydroxyl groups excluding tert-OH is 1. The van der Waals surface area contributed by atoms with Gasteiger partial charge in [0.25, 0.3) is 0 Å². The van der Waals surface area contributed by atoms with Crippen molar-refractivity contribution in [1.82, 2.24) is 5.32 Å². The van der Waals surface area contributed by atoms with Crippen molar-refractivity contribution in [2.75, 3.05) is 13.7 Å². The Morgan fingerprint density at radius 2 is 2.18 bits per heavy atom. The van der Waals surface area contributed by atoms with Gasteiger partial charge in [0.1, 0.15) is 6.61 Å². The predicted octanol–water partition coefficient (Wildman–Crippen LogP) is 1.39. The van der Waals surface area contributed by atoms with Gasteiger partial charge in [-0.25, -0.2) is 0 Å². The molecule has 1 unspecified atom stereocenters. The maximum Gasteiger partial charge on any atom is 0.246 e. The quantitative estimate of drug-likeness (QED) is 0.786. The lowest BCUT2D eigenvalue weighted by molar-refractivity contribution is -0.125. The standard InChI is InChI=1S/C13H19NO3/c1-3-12(14-13(16)9-17-2)11-7-5-4-6-10(11)8-15/h4-7,12,15H,3,8-9H2,1-2H3,(H,14,16). The Bertz CT molecular complexity index is 365. The summed E-state index contributed by atoms with van der Waals surface area (Å²) >= 11 is 0. The van der Waals surface area contributed by atoms with Crippen LogP contribution in [0.5, 0.6) is 0 Å². The number of aliphatic hydroxyl groups is 1. The lowest BCUT2D eigenvalue weighted by Gasteiger charge is -2.19. The molecule has 0 aliphatic rings. The molecule has 4 heteroatoms. The van der Waals surface area contributed by atoms with Gasteiger partial charge in [-0.05, 0) is 17.5 Å². The number of amides is 1. The molecule has 1 amide bonds. The summed E-state index contributed by atoms with van der Waals surface area (Å²) in [5.41, 5.74) is 1.80. The van der Waals surface area contributed by atoms with E-state index in [1.54, 1.807) is 0 Å². The highest BCUT2D eigenvalue weighted by molar-refractivity contribution is 5.77. The molecule has 0 radical (unpaired) electrons. The van der Waals surface area contributed by atoms with Crippen molar-refractivity contribution >= 4 is 5.91 Å². The number of benzene rings is 1. The van der Waals surface area contributed by atoms with Crippen LogP contribution in [0.2, 0.25) is 0 Å². The third-order valence-electron chi connectivity index (χ3n) is 2.62. The summed E-state index contributed by atoms with van der Waals surface area (Å²) in [6, 6.07) is 7.48. The van der Waals surface area contributed by atoms with Crippen molar-refractivity contribution in [2.24, 2.45) is 0 Å². The van der Waals surface area contributed by atoms with E-state index in [4.69, 9.17) is 4.74 Å². The molecule has 0 aromatic heterocycles. The Labute approximate surface area is 102 Å². The molecular weight excluding hydrogens is 218 g/mol. The molecule has 1 rings (SSSR count). The van der Waals surface area contributed by atoms with Gasteiger partial charge >= 0.3 is 0 Å². The largest absolute Gasteiger partial charge is 0.392 e. The van der Waals surface area contributed by atoms with Crippen LogP contribution in [0.25, 0.3) is 0 Å². The summed E-state index contributed by atoms with van der Waals surface area (Å²) in [4.78, 5) is 11.5. The van der Waals surface area contributed by atoms with Crippen LogP contribution in [0.4, 0.5) is 0 Å². The van der Waals surface area contributed by atoms with Gasteiger partial charge in [-0.3, -0.25) is 4.79 Å². The van der Waals surface area contributed by atoms with Crippen LogP contribution in [0.1, 0.15) is 30.5 Å². The minimum atomic E-state index is -0.146. The predicted molar refractivity (Wildman–Crippen MR) is 65.4 cm³/mol. The molecule has 1 aromatic carbocycles. The highest BCUT2D eigenvalue weighted by atomic mass is 16.5. The Morgan fingerprint density at radius 3 is 2.76 bits per heavy atom. The van der Waals surface area contributed by atoms with Gasteiger partial charge in [0.15, 0.2) is 0 Å². The summed E-state index contributed by atoms with van der Waals surface area (Å²) in [5.74, 6) is -0.146. The van der Waals surface area contributed by atoms with Crippen molar-refractivity contribution in [1.29, 1.82) is 0 Å². The molecule has 0 spiro atoms. The number of nitrogens with one attached hydrogen (secondary N) is 1. The van der Waals surface area contributed by atoms with Crippen molar-refractivity contribution in [3.05, 3.63) is 35.4 Å². The van der Waals surface area contributed by atoms with Crippen molar-refractivity contribution in [3.63, 3.8) is 0 Å². The molecular formula is C13H19NO3. The van der Waals surface area contributed by atoms with E-state index < -0.39 is 0 Å². The number of hydrogen-bond donors (Lipinski definition) is 2. The van der Waals surface area contributed by atoms with Gasteiger partial charge in [-0.15, -0.1) is 0 Å². The minimum Gasteiger partial charge on any atom is -0.392 e. The van der Waals surface area contributed by atoms with Crippen LogP contribution >= 0.6 is 0 Å². The summed E-state index contributed by atoms with van der Waals surface area (Å²) in [6.45, 7) is 2.02. The minimum absolute atomic E-state index is 0.0210. The zero-order valence-corrected chi connectivity index (χ0v) is 10.3. The molecule has 1 aromatic rings. The summed E-state index contributed by atoms with van der Waals surface area (Å²) in [6.07, 6.45) is 0.770. The smallest absolute Gasteiger partial charge is 0.246 e. The van der Waals surface area contributed by atoms with E-state index in [0.717, 1.165) is 17.5 Å². The molecule has 17 heavy (non-hydrogen) atoms. The lowest BCUT2D eigenvalue weighted by Crippen LogP contribution is -2.31. The van der Waals surface area contributed by atoms with Crippen molar-refractivity contribution in [3.8, 4) is 0 Å².